The van der Waals surface area contributed by atoms with E-state index in [4.69, 9.17) is 5.11 Å². The second-order valence-electron chi connectivity index (χ2n) is 4.48. The molecule has 0 unspecified atom stereocenters. The third-order valence-corrected chi connectivity index (χ3v) is 3.13. The van der Waals surface area contributed by atoms with Gasteiger partial charge in [0.15, 0.2) is 5.88 Å². The van der Waals surface area contributed by atoms with Crippen molar-refractivity contribution in [3.8, 4) is 11.8 Å². The van der Waals surface area contributed by atoms with Crippen LogP contribution >= 0.6 is 0 Å². The van der Waals surface area contributed by atoms with Crippen molar-refractivity contribution in [1.82, 2.24) is 4.57 Å². The number of carbonyl (C=O) groups is 1. The smallest absolute Gasteiger partial charge is 0.297 e. The van der Waals surface area contributed by atoms with Crippen LogP contribution in [0.3, 0.4) is 0 Å². The molecule has 0 atom stereocenters. The van der Waals surface area contributed by atoms with Crippen molar-refractivity contribution >= 4 is 23.0 Å². The monoisotopic (exact) mass is 288 g/mol. The molecular weight excluding hydrogens is 276 g/mol. The van der Waals surface area contributed by atoms with Crippen LogP contribution in [0.1, 0.15) is 10.4 Å². The van der Waals surface area contributed by atoms with E-state index in [-0.39, 0.29) is 36.5 Å². The van der Waals surface area contributed by atoms with E-state index in [1.807, 2.05) is 0 Å². The molecule has 0 aliphatic carbocycles. The quantitative estimate of drug-likeness (QED) is 0.684. The molecule has 0 bridgehead atoms. The third-order valence-electron chi connectivity index (χ3n) is 3.13. The first-order chi connectivity index (χ1) is 10.1. The van der Waals surface area contributed by atoms with Crippen LogP contribution in [0.15, 0.2) is 34.5 Å². The van der Waals surface area contributed by atoms with E-state index in [0.29, 0.717) is 16.9 Å². The van der Waals surface area contributed by atoms with Crippen molar-refractivity contribution in [3.05, 3.63) is 29.8 Å². The number of fused-ring (bicyclic) bond motifs is 1. The molecule has 2 aromatic rings. The van der Waals surface area contributed by atoms with Crippen LogP contribution in [-0.2, 0) is 6.54 Å². The van der Waals surface area contributed by atoms with Gasteiger partial charge in [0, 0.05) is 11.8 Å². The van der Waals surface area contributed by atoms with Gasteiger partial charge in [-0.2, -0.15) is 0 Å². The zero-order valence-electron chi connectivity index (χ0n) is 10.8. The van der Waals surface area contributed by atoms with Crippen LogP contribution in [0.25, 0.3) is 0 Å². The number of carbonyl (C=O) groups excluding carboxylic acids is 1. The average molecular weight is 288 g/mol. The Bertz CT molecular complexity index is 751. The normalized spacial score (nSPS) is 12.7. The summed E-state index contributed by atoms with van der Waals surface area (Å²) in [7, 11) is 0. The number of aromatic nitrogens is 1. The summed E-state index contributed by atoms with van der Waals surface area (Å²) in [6, 6.07) is 6.18. The van der Waals surface area contributed by atoms with E-state index in [1.54, 1.807) is 18.2 Å². The Hall–Kier alpha value is -2.87. The standard InChI is InChI=1S/C13H12N4O4/c18-4-3-17-11(19)6-10(13(17)21)14-7-1-2-8-9(5-7)15-16-12(8)20/h1-2,5-6,14,18-19,21H,3-4H2. The van der Waals surface area contributed by atoms with Gasteiger partial charge in [0.25, 0.3) is 5.91 Å². The molecule has 21 heavy (non-hydrogen) atoms. The fourth-order valence-corrected chi connectivity index (χ4v) is 2.12. The first-order valence-corrected chi connectivity index (χ1v) is 6.19. The second-order valence-corrected chi connectivity index (χ2v) is 4.48. The number of benzene rings is 1. The lowest BCUT2D eigenvalue weighted by atomic mass is 10.1. The summed E-state index contributed by atoms with van der Waals surface area (Å²) in [6.07, 6.45) is 0. The van der Waals surface area contributed by atoms with Gasteiger partial charge in [-0.15, -0.1) is 10.2 Å². The van der Waals surface area contributed by atoms with E-state index >= 15 is 0 Å². The maximum Gasteiger partial charge on any atom is 0.297 e. The minimum atomic E-state index is -0.383. The van der Waals surface area contributed by atoms with Crippen molar-refractivity contribution < 1.29 is 20.1 Å². The largest absolute Gasteiger partial charge is 0.494 e. The van der Waals surface area contributed by atoms with Crippen LogP contribution in [-0.4, -0.2) is 32.4 Å². The van der Waals surface area contributed by atoms with Gasteiger partial charge in [-0.05, 0) is 18.2 Å². The molecule has 1 aromatic carbocycles. The molecule has 1 aliphatic heterocycles. The molecule has 3 rings (SSSR count). The second kappa shape index (κ2) is 4.91. The van der Waals surface area contributed by atoms with E-state index in [1.165, 1.54) is 10.6 Å². The van der Waals surface area contributed by atoms with Crippen molar-refractivity contribution in [3.63, 3.8) is 0 Å². The fraction of sp³-hybridized carbons (Fsp3) is 0.154. The maximum atomic E-state index is 11.3. The van der Waals surface area contributed by atoms with Crippen molar-refractivity contribution in [2.24, 2.45) is 10.2 Å². The number of aliphatic hydroxyl groups excluding tert-OH is 1. The number of azo groups is 1. The van der Waals surface area contributed by atoms with Crippen LogP contribution in [0, 0.1) is 0 Å². The molecule has 1 aromatic heterocycles. The summed E-state index contributed by atoms with van der Waals surface area (Å²) in [5.74, 6) is -0.744. The fourth-order valence-electron chi connectivity index (χ4n) is 2.12. The van der Waals surface area contributed by atoms with Gasteiger partial charge < -0.3 is 20.6 Å². The number of hydrogen-bond donors (Lipinski definition) is 4. The highest BCUT2D eigenvalue weighted by atomic mass is 16.3. The lowest BCUT2D eigenvalue weighted by molar-refractivity contribution is 0.100. The summed E-state index contributed by atoms with van der Waals surface area (Å²) >= 11 is 0. The molecule has 0 saturated heterocycles. The number of hydrogen-bond acceptors (Lipinski definition) is 6. The number of aliphatic hydroxyl groups is 1. The molecule has 108 valence electrons. The molecule has 1 amide bonds. The highest BCUT2D eigenvalue weighted by Crippen LogP contribution is 2.36. The Morgan fingerprint density at radius 1 is 1.19 bits per heavy atom. The summed E-state index contributed by atoms with van der Waals surface area (Å²) in [5, 5.41) is 38.6. The SMILES string of the molecule is O=C1N=Nc2cc(Nc3cc(O)n(CCO)c3O)ccc21. The summed E-state index contributed by atoms with van der Waals surface area (Å²) in [6.45, 7) is -0.136. The first-order valence-electron chi connectivity index (χ1n) is 6.19. The van der Waals surface area contributed by atoms with Crippen molar-refractivity contribution in [2.45, 2.75) is 6.54 Å². The number of rotatable bonds is 4. The molecule has 4 N–H and O–H groups in total. The van der Waals surface area contributed by atoms with Crippen LogP contribution in [0.4, 0.5) is 17.1 Å². The Labute approximate surface area is 119 Å². The molecule has 8 nitrogen and oxygen atoms in total. The predicted octanol–water partition coefficient (Wildman–Crippen LogP) is 1.87. The number of aromatic hydroxyl groups is 2. The molecular formula is C13H12N4O4. The molecule has 1 aliphatic rings. The van der Waals surface area contributed by atoms with E-state index in [9.17, 15) is 15.0 Å². The Morgan fingerprint density at radius 3 is 2.76 bits per heavy atom. The van der Waals surface area contributed by atoms with Crippen molar-refractivity contribution in [2.75, 3.05) is 11.9 Å². The lowest BCUT2D eigenvalue weighted by Gasteiger charge is -2.07. The number of anilines is 2. The third kappa shape index (κ3) is 2.21. The topological polar surface area (TPSA) is 119 Å². The van der Waals surface area contributed by atoms with Crippen LogP contribution in [0.5, 0.6) is 11.8 Å². The van der Waals surface area contributed by atoms with E-state index in [2.05, 4.69) is 15.5 Å². The average Bonchev–Trinajstić information content (AvgIpc) is 2.95. The minimum absolute atomic E-state index is 0.0756. The Balaban J connectivity index is 1.89. The van der Waals surface area contributed by atoms with Gasteiger partial charge in [0.05, 0.1) is 18.7 Å². The summed E-state index contributed by atoms with van der Waals surface area (Å²) in [4.78, 5) is 11.3. The summed E-state index contributed by atoms with van der Waals surface area (Å²) in [5.41, 5.74) is 1.73. The maximum absolute atomic E-state index is 11.3. The highest BCUT2D eigenvalue weighted by Gasteiger charge is 2.18. The van der Waals surface area contributed by atoms with E-state index < -0.39 is 0 Å². The van der Waals surface area contributed by atoms with Crippen LogP contribution < -0.4 is 5.32 Å². The zero-order valence-corrected chi connectivity index (χ0v) is 10.8. The van der Waals surface area contributed by atoms with E-state index in [0.717, 1.165) is 0 Å². The number of nitrogens with one attached hydrogen (secondary N) is 1. The van der Waals surface area contributed by atoms with Gasteiger partial charge >= 0.3 is 0 Å². The molecule has 0 radical (unpaired) electrons. The van der Waals surface area contributed by atoms with Gasteiger partial charge in [-0.3, -0.25) is 9.36 Å². The predicted molar refractivity (Wildman–Crippen MR) is 73.4 cm³/mol. The van der Waals surface area contributed by atoms with Gasteiger partial charge in [-0.25, -0.2) is 0 Å². The molecule has 0 fully saturated rings. The highest BCUT2D eigenvalue weighted by molar-refractivity contribution is 6.02. The Kier molecular flexibility index (Phi) is 3.07. The molecule has 2 heterocycles. The first kappa shape index (κ1) is 13.1. The zero-order chi connectivity index (χ0) is 15.0. The molecule has 0 spiro atoms. The number of nitrogens with zero attached hydrogens (tertiary/aromatic N) is 3. The summed E-state index contributed by atoms with van der Waals surface area (Å²) < 4.78 is 1.17. The van der Waals surface area contributed by atoms with Gasteiger partial charge in [0.1, 0.15) is 11.4 Å². The Morgan fingerprint density at radius 2 is 2.00 bits per heavy atom. The lowest BCUT2D eigenvalue weighted by Crippen LogP contribution is -2.00. The molecule has 8 heteroatoms. The minimum Gasteiger partial charge on any atom is -0.494 e. The van der Waals surface area contributed by atoms with Crippen molar-refractivity contribution in [1.29, 1.82) is 0 Å². The van der Waals surface area contributed by atoms with Gasteiger partial charge in [0.2, 0.25) is 5.88 Å². The molecule has 0 saturated carbocycles. The van der Waals surface area contributed by atoms with Crippen LogP contribution in [0.2, 0.25) is 0 Å². The van der Waals surface area contributed by atoms with Gasteiger partial charge in [-0.1, -0.05) is 0 Å². The number of amides is 1.